The van der Waals surface area contributed by atoms with E-state index in [0.29, 0.717) is 6.04 Å². The largest absolute Gasteiger partial charge is 0.315 e. The number of rotatable bonds is 7. The number of nitrogens with one attached hydrogen (secondary N) is 1. The molecule has 0 aliphatic heterocycles. The third kappa shape index (κ3) is 8.06. The summed E-state index contributed by atoms with van der Waals surface area (Å²) in [5.41, 5.74) is 0. The van der Waals surface area contributed by atoms with Crippen LogP contribution in [-0.2, 0) is 0 Å². The molecule has 12 heavy (non-hydrogen) atoms. The van der Waals surface area contributed by atoms with Crippen LogP contribution in [0.5, 0.6) is 0 Å². The molecule has 0 amide bonds. The van der Waals surface area contributed by atoms with Crippen molar-refractivity contribution in [1.82, 2.24) is 5.32 Å². The predicted octanol–water partition coefficient (Wildman–Crippen LogP) is 3.20. The zero-order chi connectivity index (χ0) is 9.40. The van der Waals surface area contributed by atoms with E-state index in [4.69, 9.17) is 0 Å². The number of hydrogen-bond donors (Lipinski definition) is 1. The Bertz CT molecular complexity index is 89.0. The molecule has 0 aliphatic rings. The summed E-state index contributed by atoms with van der Waals surface area (Å²) < 4.78 is 0. The third-order valence-electron chi connectivity index (χ3n) is 2.21. The van der Waals surface area contributed by atoms with Gasteiger partial charge >= 0.3 is 0 Å². The highest BCUT2D eigenvalue weighted by atomic mass is 14.9. The van der Waals surface area contributed by atoms with E-state index < -0.39 is 0 Å². The fourth-order valence-electron chi connectivity index (χ4n) is 1.48. The maximum absolute atomic E-state index is 3.44. The van der Waals surface area contributed by atoms with Crippen LogP contribution < -0.4 is 5.32 Å². The Balaban J connectivity index is 3.08. The van der Waals surface area contributed by atoms with Crippen LogP contribution >= 0.6 is 0 Å². The summed E-state index contributed by atoms with van der Waals surface area (Å²) in [4.78, 5) is 0. The second-order valence-corrected chi connectivity index (χ2v) is 4.14. The average molecular weight is 171 g/mol. The van der Waals surface area contributed by atoms with Crippen LogP contribution in [0.2, 0.25) is 0 Å². The van der Waals surface area contributed by atoms with Gasteiger partial charge in [-0.15, -0.1) is 0 Å². The highest BCUT2D eigenvalue weighted by Gasteiger charge is 1.99. The molecule has 1 N–H and O–H groups in total. The van der Waals surface area contributed by atoms with Crippen LogP contribution in [0.15, 0.2) is 0 Å². The first-order valence-electron chi connectivity index (χ1n) is 5.40. The van der Waals surface area contributed by atoms with Gasteiger partial charge in [0.15, 0.2) is 0 Å². The lowest BCUT2D eigenvalue weighted by Crippen LogP contribution is -2.23. The first-order chi connectivity index (χ1) is 5.66. The van der Waals surface area contributed by atoms with Crippen molar-refractivity contribution in [3.8, 4) is 0 Å². The average Bonchev–Trinajstić information content (AvgIpc) is 1.98. The third-order valence-corrected chi connectivity index (χ3v) is 2.21. The zero-order valence-electron chi connectivity index (χ0n) is 9.19. The van der Waals surface area contributed by atoms with Crippen molar-refractivity contribution >= 4 is 0 Å². The molecule has 0 saturated heterocycles. The van der Waals surface area contributed by atoms with Gasteiger partial charge in [-0.3, -0.25) is 0 Å². The summed E-state index contributed by atoms with van der Waals surface area (Å²) in [6, 6.07) is 0.645. The van der Waals surface area contributed by atoms with Crippen molar-refractivity contribution in [2.24, 2.45) is 5.92 Å². The lowest BCUT2D eigenvalue weighted by Gasteiger charge is -2.11. The minimum atomic E-state index is 0.645. The van der Waals surface area contributed by atoms with Gasteiger partial charge in [-0.2, -0.15) is 0 Å². The van der Waals surface area contributed by atoms with Gasteiger partial charge in [0.05, 0.1) is 0 Å². The maximum atomic E-state index is 3.44. The standard InChI is InChI=1S/C11H25N/c1-5-7-11(4)8-6-9-12-10(2)3/h10-12H,5-9H2,1-4H3. The van der Waals surface area contributed by atoms with E-state index >= 15 is 0 Å². The van der Waals surface area contributed by atoms with Crippen molar-refractivity contribution in [2.75, 3.05) is 6.54 Å². The SMILES string of the molecule is CCCC(C)CCCNC(C)C. The van der Waals surface area contributed by atoms with E-state index in [9.17, 15) is 0 Å². The summed E-state index contributed by atoms with van der Waals surface area (Å²) in [6.07, 6.45) is 5.44. The fourth-order valence-corrected chi connectivity index (χ4v) is 1.48. The monoisotopic (exact) mass is 171 g/mol. The minimum absolute atomic E-state index is 0.645. The van der Waals surface area contributed by atoms with Gasteiger partial charge in [-0.1, -0.05) is 40.5 Å². The Morgan fingerprint density at radius 3 is 2.25 bits per heavy atom. The van der Waals surface area contributed by atoms with Gasteiger partial charge in [-0.05, 0) is 25.3 Å². The minimum Gasteiger partial charge on any atom is -0.315 e. The molecule has 0 rings (SSSR count). The van der Waals surface area contributed by atoms with Crippen LogP contribution in [0, 0.1) is 5.92 Å². The van der Waals surface area contributed by atoms with E-state index in [2.05, 4.69) is 33.0 Å². The van der Waals surface area contributed by atoms with Crippen LogP contribution in [0.25, 0.3) is 0 Å². The molecule has 0 spiro atoms. The molecule has 0 aromatic heterocycles. The van der Waals surface area contributed by atoms with Gasteiger partial charge in [0.1, 0.15) is 0 Å². The van der Waals surface area contributed by atoms with Crippen molar-refractivity contribution < 1.29 is 0 Å². The first kappa shape index (κ1) is 12.0. The Hall–Kier alpha value is -0.0400. The van der Waals surface area contributed by atoms with Gasteiger partial charge in [0.25, 0.3) is 0 Å². The Labute approximate surface area is 77.9 Å². The Morgan fingerprint density at radius 2 is 1.75 bits per heavy atom. The molecule has 0 radical (unpaired) electrons. The van der Waals surface area contributed by atoms with Crippen LogP contribution in [0.4, 0.5) is 0 Å². The van der Waals surface area contributed by atoms with Crippen LogP contribution in [0.1, 0.15) is 53.4 Å². The summed E-state index contributed by atoms with van der Waals surface area (Å²) in [5.74, 6) is 0.920. The van der Waals surface area contributed by atoms with Gasteiger partial charge in [0.2, 0.25) is 0 Å². The summed E-state index contributed by atoms with van der Waals surface area (Å²) in [6.45, 7) is 10.2. The lowest BCUT2D eigenvalue weighted by molar-refractivity contribution is 0.450. The molecule has 0 bridgehead atoms. The van der Waals surface area contributed by atoms with Crippen LogP contribution in [0.3, 0.4) is 0 Å². The fraction of sp³-hybridized carbons (Fsp3) is 1.00. The van der Waals surface area contributed by atoms with Crippen molar-refractivity contribution in [1.29, 1.82) is 0 Å². The smallest absolute Gasteiger partial charge is 0.00103 e. The number of hydrogen-bond acceptors (Lipinski definition) is 1. The summed E-state index contributed by atoms with van der Waals surface area (Å²) >= 11 is 0. The molecular formula is C11H25N. The molecule has 1 nitrogen and oxygen atoms in total. The van der Waals surface area contributed by atoms with Crippen molar-refractivity contribution in [3.63, 3.8) is 0 Å². The molecule has 1 unspecified atom stereocenters. The highest BCUT2D eigenvalue weighted by molar-refractivity contribution is 4.56. The lowest BCUT2D eigenvalue weighted by atomic mass is 10.0. The quantitative estimate of drug-likeness (QED) is 0.580. The molecule has 1 atom stereocenters. The van der Waals surface area contributed by atoms with E-state index in [1.165, 1.54) is 32.2 Å². The normalized spacial score (nSPS) is 13.8. The van der Waals surface area contributed by atoms with E-state index in [1.807, 2.05) is 0 Å². The molecule has 1 heteroatoms. The van der Waals surface area contributed by atoms with Crippen molar-refractivity contribution in [2.45, 2.75) is 59.4 Å². The second-order valence-electron chi connectivity index (χ2n) is 4.14. The topological polar surface area (TPSA) is 12.0 Å². The highest BCUT2D eigenvalue weighted by Crippen LogP contribution is 2.11. The molecule has 74 valence electrons. The van der Waals surface area contributed by atoms with Gasteiger partial charge < -0.3 is 5.32 Å². The molecule has 0 saturated carbocycles. The maximum Gasteiger partial charge on any atom is 0.00103 e. The van der Waals surface area contributed by atoms with Crippen molar-refractivity contribution in [3.05, 3.63) is 0 Å². The molecule has 0 aliphatic carbocycles. The summed E-state index contributed by atoms with van der Waals surface area (Å²) in [5, 5.41) is 3.44. The predicted molar refractivity (Wildman–Crippen MR) is 56.4 cm³/mol. The van der Waals surface area contributed by atoms with Crippen LogP contribution in [-0.4, -0.2) is 12.6 Å². The molecular weight excluding hydrogens is 146 g/mol. The van der Waals surface area contributed by atoms with Gasteiger partial charge in [-0.25, -0.2) is 0 Å². The first-order valence-corrected chi connectivity index (χ1v) is 5.40. The molecule has 0 heterocycles. The molecule has 0 aromatic rings. The van der Waals surface area contributed by atoms with E-state index in [1.54, 1.807) is 0 Å². The second kappa shape index (κ2) is 7.60. The Kier molecular flexibility index (Phi) is 7.58. The van der Waals surface area contributed by atoms with E-state index in [0.717, 1.165) is 5.92 Å². The van der Waals surface area contributed by atoms with E-state index in [-0.39, 0.29) is 0 Å². The zero-order valence-corrected chi connectivity index (χ0v) is 9.19. The molecule has 0 aromatic carbocycles. The van der Waals surface area contributed by atoms with Gasteiger partial charge in [0, 0.05) is 6.04 Å². The summed E-state index contributed by atoms with van der Waals surface area (Å²) in [7, 11) is 0. The Morgan fingerprint density at radius 1 is 1.08 bits per heavy atom. The molecule has 0 fully saturated rings.